The molecule has 1 heteroatoms. The summed E-state index contributed by atoms with van der Waals surface area (Å²) in [4.78, 5) is 0. The smallest absolute Gasteiger partial charge is 0.134 e. The van der Waals surface area contributed by atoms with Crippen molar-refractivity contribution in [2.45, 2.75) is 26.7 Å². The molecule has 0 aliphatic rings. The molecule has 0 bridgehead atoms. The highest BCUT2D eigenvalue weighted by molar-refractivity contribution is 5.78. The fraction of sp³-hybridized carbons (Fsp3) is 0.333. The van der Waals surface area contributed by atoms with Crippen LogP contribution in [-0.4, -0.2) is 0 Å². The van der Waals surface area contributed by atoms with Crippen LogP contribution in [0.15, 0.2) is 28.7 Å². The summed E-state index contributed by atoms with van der Waals surface area (Å²) < 4.78 is 5.66. The Bertz CT molecular complexity index is 412. The van der Waals surface area contributed by atoms with E-state index in [0.717, 1.165) is 24.2 Å². The van der Waals surface area contributed by atoms with Gasteiger partial charge < -0.3 is 4.42 Å². The molecule has 0 saturated carbocycles. The van der Waals surface area contributed by atoms with Gasteiger partial charge in [-0.25, -0.2) is 0 Å². The van der Waals surface area contributed by atoms with E-state index in [0.29, 0.717) is 0 Å². The summed E-state index contributed by atoms with van der Waals surface area (Å²) >= 11 is 0. The molecule has 0 fully saturated rings. The molecule has 1 nitrogen and oxygen atoms in total. The Morgan fingerprint density at radius 1 is 1.23 bits per heavy atom. The standard InChI is InChI=1S/C12H14O/c1-3-4-11-8-10-7-9(2)5-6-12(10)13-11/h5-8H,3-4H2,1-2H3. The van der Waals surface area contributed by atoms with Crippen molar-refractivity contribution >= 4 is 11.0 Å². The highest BCUT2D eigenvalue weighted by Crippen LogP contribution is 2.21. The second-order valence-corrected chi connectivity index (χ2v) is 3.50. The lowest BCUT2D eigenvalue weighted by atomic mass is 10.2. The summed E-state index contributed by atoms with van der Waals surface area (Å²) in [6.45, 7) is 4.27. The van der Waals surface area contributed by atoms with Crippen molar-refractivity contribution in [3.63, 3.8) is 0 Å². The molecule has 0 amide bonds. The maximum absolute atomic E-state index is 5.66. The number of benzene rings is 1. The largest absolute Gasteiger partial charge is 0.461 e. The Kier molecular flexibility index (Phi) is 2.09. The Morgan fingerprint density at radius 3 is 2.85 bits per heavy atom. The van der Waals surface area contributed by atoms with E-state index in [1.54, 1.807) is 0 Å². The highest BCUT2D eigenvalue weighted by Gasteiger charge is 2.01. The van der Waals surface area contributed by atoms with Gasteiger partial charge in [-0.05, 0) is 31.5 Å². The first kappa shape index (κ1) is 8.36. The fourth-order valence-electron chi connectivity index (χ4n) is 1.59. The van der Waals surface area contributed by atoms with Crippen LogP contribution in [-0.2, 0) is 6.42 Å². The average molecular weight is 174 g/mol. The molecule has 0 unspecified atom stereocenters. The highest BCUT2D eigenvalue weighted by atomic mass is 16.3. The van der Waals surface area contributed by atoms with Crippen molar-refractivity contribution < 1.29 is 4.42 Å². The number of aryl methyl sites for hydroxylation is 2. The van der Waals surface area contributed by atoms with E-state index in [9.17, 15) is 0 Å². The second kappa shape index (κ2) is 3.25. The Hall–Kier alpha value is -1.24. The van der Waals surface area contributed by atoms with Gasteiger partial charge >= 0.3 is 0 Å². The van der Waals surface area contributed by atoms with Crippen LogP contribution in [0.3, 0.4) is 0 Å². The SMILES string of the molecule is CCCc1cc2cc(C)ccc2o1. The van der Waals surface area contributed by atoms with Gasteiger partial charge in [-0.2, -0.15) is 0 Å². The van der Waals surface area contributed by atoms with Crippen LogP contribution in [0.4, 0.5) is 0 Å². The van der Waals surface area contributed by atoms with Crippen LogP contribution < -0.4 is 0 Å². The number of hydrogen-bond acceptors (Lipinski definition) is 1. The molecular weight excluding hydrogens is 160 g/mol. The average Bonchev–Trinajstić information content (AvgIpc) is 2.46. The van der Waals surface area contributed by atoms with Crippen LogP contribution >= 0.6 is 0 Å². The van der Waals surface area contributed by atoms with Crippen molar-refractivity contribution in [3.8, 4) is 0 Å². The molecule has 0 atom stereocenters. The maximum Gasteiger partial charge on any atom is 0.134 e. The van der Waals surface area contributed by atoms with E-state index in [4.69, 9.17) is 4.42 Å². The topological polar surface area (TPSA) is 13.1 Å². The molecule has 0 aliphatic heterocycles. The summed E-state index contributed by atoms with van der Waals surface area (Å²) in [5, 5.41) is 1.23. The lowest BCUT2D eigenvalue weighted by molar-refractivity contribution is 0.544. The predicted octanol–water partition coefficient (Wildman–Crippen LogP) is 3.69. The first-order chi connectivity index (χ1) is 6.29. The van der Waals surface area contributed by atoms with Crippen molar-refractivity contribution in [1.29, 1.82) is 0 Å². The Labute approximate surface area is 78.4 Å². The number of fused-ring (bicyclic) bond motifs is 1. The van der Waals surface area contributed by atoms with Gasteiger partial charge in [0.25, 0.3) is 0 Å². The van der Waals surface area contributed by atoms with Crippen LogP contribution in [0.25, 0.3) is 11.0 Å². The van der Waals surface area contributed by atoms with Crippen LogP contribution in [0.5, 0.6) is 0 Å². The van der Waals surface area contributed by atoms with Crippen molar-refractivity contribution in [2.75, 3.05) is 0 Å². The minimum absolute atomic E-state index is 1.01. The molecule has 0 radical (unpaired) electrons. The third-order valence-corrected chi connectivity index (χ3v) is 2.22. The third kappa shape index (κ3) is 1.59. The first-order valence-corrected chi connectivity index (χ1v) is 4.78. The van der Waals surface area contributed by atoms with E-state index < -0.39 is 0 Å². The molecular formula is C12H14O. The van der Waals surface area contributed by atoms with Gasteiger partial charge in [-0.15, -0.1) is 0 Å². The quantitative estimate of drug-likeness (QED) is 0.676. The molecule has 2 rings (SSSR count). The fourth-order valence-corrected chi connectivity index (χ4v) is 1.59. The lowest BCUT2D eigenvalue weighted by Gasteiger charge is -1.89. The van der Waals surface area contributed by atoms with Gasteiger partial charge in [-0.3, -0.25) is 0 Å². The molecule has 0 N–H and O–H groups in total. The predicted molar refractivity (Wildman–Crippen MR) is 54.9 cm³/mol. The summed E-state index contributed by atoms with van der Waals surface area (Å²) in [5.41, 5.74) is 2.30. The summed E-state index contributed by atoms with van der Waals surface area (Å²) in [6, 6.07) is 8.44. The third-order valence-electron chi connectivity index (χ3n) is 2.22. The molecule has 0 spiro atoms. The van der Waals surface area contributed by atoms with Gasteiger partial charge in [0.15, 0.2) is 0 Å². The van der Waals surface area contributed by atoms with Gasteiger partial charge in [0.1, 0.15) is 11.3 Å². The number of hydrogen-bond donors (Lipinski definition) is 0. The van der Waals surface area contributed by atoms with Crippen molar-refractivity contribution in [2.24, 2.45) is 0 Å². The Morgan fingerprint density at radius 2 is 2.08 bits per heavy atom. The monoisotopic (exact) mass is 174 g/mol. The molecule has 2 aromatic rings. The zero-order chi connectivity index (χ0) is 9.26. The summed E-state index contributed by atoms with van der Waals surface area (Å²) in [7, 11) is 0. The molecule has 1 aromatic heterocycles. The van der Waals surface area contributed by atoms with Crippen LogP contribution in [0.2, 0.25) is 0 Å². The van der Waals surface area contributed by atoms with Gasteiger partial charge in [-0.1, -0.05) is 18.6 Å². The zero-order valence-electron chi connectivity index (χ0n) is 8.13. The molecule has 68 valence electrons. The molecule has 0 aliphatic carbocycles. The Balaban J connectivity index is 2.49. The molecule has 1 aromatic carbocycles. The molecule has 1 heterocycles. The van der Waals surface area contributed by atoms with Crippen LogP contribution in [0.1, 0.15) is 24.7 Å². The van der Waals surface area contributed by atoms with Gasteiger partial charge in [0, 0.05) is 11.8 Å². The van der Waals surface area contributed by atoms with Crippen molar-refractivity contribution in [1.82, 2.24) is 0 Å². The molecule has 0 saturated heterocycles. The van der Waals surface area contributed by atoms with Crippen molar-refractivity contribution in [3.05, 3.63) is 35.6 Å². The summed E-state index contributed by atoms with van der Waals surface area (Å²) in [5.74, 6) is 1.10. The van der Waals surface area contributed by atoms with Crippen LogP contribution in [0, 0.1) is 6.92 Å². The lowest BCUT2D eigenvalue weighted by Crippen LogP contribution is -1.74. The summed E-state index contributed by atoms with van der Waals surface area (Å²) in [6.07, 6.45) is 2.17. The first-order valence-electron chi connectivity index (χ1n) is 4.78. The van der Waals surface area contributed by atoms with E-state index in [1.165, 1.54) is 10.9 Å². The minimum atomic E-state index is 1.01. The van der Waals surface area contributed by atoms with E-state index in [2.05, 4.69) is 32.0 Å². The van der Waals surface area contributed by atoms with E-state index in [-0.39, 0.29) is 0 Å². The minimum Gasteiger partial charge on any atom is -0.461 e. The van der Waals surface area contributed by atoms with E-state index in [1.807, 2.05) is 6.07 Å². The zero-order valence-corrected chi connectivity index (χ0v) is 8.13. The van der Waals surface area contributed by atoms with Gasteiger partial charge in [0.2, 0.25) is 0 Å². The van der Waals surface area contributed by atoms with E-state index >= 15 is 0 Å². The maximum atomic E-state index is 5.66. The number of furan rings is 1. The second-order valence-electron chi connectivity index (χ2n) is 3.50. The normalized spacial score (nSPS) is 10.9. The number of rotatable bonds is 2. The molecule has 13 heavy (non-hydrogen) atoms. The van der Waals surface area contributed by atoms with Gasteiger partial charge in [0.05, 0.1) is 0 Å².